The zero-order valence-corrected chi connectivity index (χ0v) is 10.7. The van der Waals surface area contributed by atoms with Crippen LogP contribution in [-0.4, -0.2) is 20.1 Å². The molecule has 1 aromatic carbocycles. The van der Waals surface area contributed by atoms with E-state index in [0.717, 1.165) is 19.5 Å². The first-order valence-corrected chi connectivity index (χ1v) is 6.50. The van der Waals surface area contributed by atoms with E-state index in [1.165, 1.54) is 36.2 Å². The summed E-state index contributed by atoms with van der Waals surface area (Å²) in [5.74, 6) is 0. The molecule has 0 aliphatic carbocycles. The van der Waals surface area contributed by atoms with Gasteiger partial charge in [-0.05, 0) is 49.4 Å². The topological polar surface area (TPSA) is 15.3 Å². The second-order valence-corrected chi connectivity index (χ2v) is 4.73. The van der Waals surface area contributed by atoms with Crippen LogP contribution in [0.1, 0.15) is 24.8 Å². The van der Waals surface area contributed by atoms with E-state index in [9.17, 15) is 0 Å². The van der Waals surface area contributed by atoms with Crippen molar-refractivity contribution >= 4 is 11.4 Å². The third-order valence-electron chi connectivity index (χ3n) is 3.37. The monoisotopic (exact) mass is 230 g/mol. The molecule has 17 heavy (non-hydrogen) atoms. The van der Waals surface area contributed by atoms with Crippen LogP contribution in [-0.2, 0) is 6.42 Å². The number of hydrogen-bond donors (Lipinski definition) is 1. The molecule has 0 fully saturated rings. The Labute approximate surface area is 104 Å². The number of nitrogens with zero attached hydrogens (tertiary/aromatic N) is 1. The summed E-state index contributed by atoms with van der Waals surface area (Å²) in [5, 5.41) is 3.50. The highest BCUT2D eigenvalue weighted by Gasteiger charge is 2.15. The SMILES string of the molecule is C=CCCCCNc1ccc2c(c1)CCN2C. The van der Waals surface area contributed by atoms with Crippen molar-refractivity contribution < 1.29 is 0 Å². The molecule has 1 aliphatic rings. The molecule has 2 heteroatoms. The van der Waals surface area contributed by atoms with Crippen molar-refractivity contribution in [2.75, 3.05) is 30.4 Å². The average molecular weight is 230 g/mol. The van der Waals surface area contributed by atoms with E-state index in [4.69, 9.17) is 0 Å². The fraction of sp³-hybridized carbons (Fsp3) is 0.467. The number of rotatable bonds is 6. The molecular weight excluding hydrogens is 208 g/mol. The van der Waals surface area contributed by atoms with Crippen molar-refractivity contribution in [3.05, 3.63) is 36.4 Å². The van der Waals surface area contributed by atoms with Crippen molar-refractivity contribution in [3.8, 4) is 0 Å². The van der Waals surface area contributed by atoms with Gasteiger partial charge in [0.25, 0.3) is 0 Å². The quantitative estimate of drug-likeness (QED) is 0.595. The lowest BCUT2D eigenvalue weighted by atomic mass is 10.1. The van der Waals surface area contributed by atoms with Crippen molar-refractivity contribution in [3.63, 3.8) is 0 Å². The van der Waals surface area contributed by atoms with Crippen LogP contribution in [0.3, 0.4) is 0 Å². The first-order valence-electron chi connectivity index (χ1n) is 6.50. The molecule has 0 saturated carbocycles. The predicted molar refractivity (Wildman–Crippen MR) is 76.0 cm³/mol. The maximum absolute atomic E-state index is 3.74. The highest BCUT2D eigenvalue weighted by atomic mass is 15.1. The molecule has 0 spiro atoms. The first-order chi connectivity index (χ1) is 8.31. The minimum atomic E-state index is 1.06. The normalized spacial score (nSPS) is 13.6. The Morgan fingerprint density at radius 2 is 2.29 bits per heavy atom. The number of unbranched alkanes of at least 4 members (excludes halogenated alkanes) is 2. The first kappa shape index (κ1) is 12.0. The highest BCUT2D eigenvalue weighted by molar-refractivity contribution is 5.63. The van der Waals surface area contributed by atoms with Crippen LogP contribution in [0.4, 0.5) is 11.4 Å². The molecule has 1 aromatic rings. The van der Waals surface area contributed by atoms with Crippen molar-refractivity contribution in [1.29, 1.82) is 0 Å². The molecule has 92 valence electrons. The fourth-order valence-electron chi connectivity index (χ4n) is 2.32. The summed E-state index contributed by atoms with van der Waals surface area (Å²) in [6.07, 6.45) is 6.73. The van der Waals surface area contributed by atoms with Crippen molar-refractivity contribution in [2.45, 2.75) is 25.7 Å². The summed E-state index contributed by atoms with van der Waals surface area (Å²) >= 11 is 0. The van der Waals surface area contributed by atoms with Gasteiger partial charge in [0.15, 0.2) is 0 Å². The van der Waals surface area contributed by atoms with Gasteiger partial charge in [-0.2, -0.15) is 0 Å². The Morgan fingerprint density at radius 3 is 3.12 bits per heavy atom. The van der Waals surface area contributed by atoms with Gasteiger partial charge in [-0.1, -0.05) is 6.08 Å². The molecule has 0 unspecified atom stereocenters. The summed E-state index contributed by atoms with van der Waals surface area (Å²) < 4.78 is 0. The molecule has 0 atom stereocenters. The third-order valence-corrected chi connectivity index (χ3v) is 3.37. The third kappa shape index (κ3) is 3.02. The molecule has 0 amide bonds. The van der Waals surface area contributed by atoms with E-state index in [0.29, 0.717) is 0 Å². The van der Waals surface area contributed by atoms with Gasteiger partial charge < -0.3 is 10.2 Å². The average Bonchev–Trinajstić information content (AvgIpc) is 2.71. The largest absolute Gasteiger partial charge is 0.385 e. The van der Waals surface area contributed by atoms with Gasteiger partial charge >= 0.3 is 0 Å². The molecule has 0 aromatic heterocycles. The van der Waals surface area contributed by atoms with Crippen LogP contribution in [0.2, 0.25) is 0 Å². The summed E-state index contributed by atoms with van der Waals surface area (Å²) in [6.45, 7) is 5.95. The molecule has 0 bridgehead atoms. The second kappa shape index (κ2) is 5.76. The Hall–Kier alpha value is -1.44. The number of benzene rings is 1. The van der Waals surface area contributed by atoms with Crippen LogP contribution in [0.5, 0.6) is 0 Å². The maximum atomic E-state index is 3.74. The van der Waals surface area contributed by atoms with E-state index < -0.39 is 0 Å². The van der Waals surface area contributed by atoms with E-state index in [2.05, 4.69) is 42.0 Å². The van der Waals surface area contributed by atoms with Crippen LogP contribution < -0.4 is 10.2 Å². The molecule has 1 N–H and O–H groups in total. The molecule has 1 aliphatic heterocycles. The van der Waals surface area contributed by atoms with Crippen molar-refractivity contribution in [2.24, 2.45) is 0 Å². The second-order valence-electron chi connectivity index (χ2n) is 4.73. The number of fused-ring (bicyclic) bond motifs is 1. The number of hydrogen-bond acceptors (Lipinski definition) is 2. The smallest absolute Gasteiger partial charge is 0.0398 e. The summed E-state index contributed by atoms with van der Waals surface area (Å²) in [6, 6.07) is 6.72. The number of likely N-dealkylation sites (N-methyl/N-ethyl adjacent to an activating group) is 1. The molecule has 0 radical (unpaired) electrons. The number of anilines is 2. The van der Waals surface area contributed by atoms with Gasteiger partial charge in [-0.25, -0.2) is 0 Å². The minimum absolute atomic E-state index is 1.06. The highest BCUT2D eigenvalue weighted by Crippen LogP contribution is 2.28. The fourth-order valence-corrected chi connectivity index (χ4v) is 2.32. The van der Waals surface area contributed by atoms with Crippen LogP contribution >= 0.6 is 0 Å². The maximum Gasteiger partial charge on any atom is 0.0398 e. The standard InChI is InChI=1S/C15H22N2/c1-3-4-5-6-10-16-14-7-8-15-13(12-14)9-11-17(15)2/h3,7-8,12,16H,1,4-6,9-11H2,2H3. The van der Waals surface area contributed by atoms with Crippen LogP contribution in [0, 0.1) is 0 Å². The lowest BCUT2D eigenvalue weighted by Crippen LogP contribution is -2.12. The van der Waals surface area contributed by atoms with Crippen molar-refractivity contribution in [1.82, 2.24) is 0 Å². The molecule has 1 heterocycles. The van der Waals surface area contributed by atoms with E-state index >= 15 is 0 Å². The van der Waals surface area contributed by atoms with E-state index in [1.807, 2.05) is 6.08 Å². The molecule has 2 rings (SSSR count). The zero-order chi connectivity index (χ0) is 12.1. The minimum Gasteiger partial charge on any atom is -0.385 e. The van der Waals surface area contributed by atoms with E-state index in [-0.39, 0.29) is 0 Å². The van der Waals surface area contributed by atoms with Crippen LogP contribution in [0.25, 0.3) is 0 Å². The Morgan fingerprint density at radius 1 is 1.41 bits per heavy atom. The van der Waals surface area contributed by atoms with Gasteiger partial charge in [-0.3, -0.25) is 0 Å². The van der Waals surface area contributed by atoms with Gasteiger partial charge in [0.1, 0.15) is 0 Å². The summed E-state index contributed by atoms with van der Waals surface area (Å²) in [4.78, 5) is 2.32. The Kier molecular flexibility index (Phi) is 4.08. The molecule has 0 saturated heterocycles. The predicted octanol–water partition coefficient (Wildman–Crippen LogP) is 3.45. The Balaban J connectivity index is 1.84. The lowest BCUT2D eigenvalue weighted by molar-refractivity contribution is 0.779. The summed E-state index contributed by atoms with van der Waals surface area (Å²) in [5.41, 5.74) is 4.13. The molecular formula is C15H22N2. The lowest BCUT2D eigenvalue weighted by Gasteiger charge is -2.12. The van der Waals surface area contributed by atoms with Gasteiger partial charge in [0, 0.05) is 31.5 Å². The number of nitrogens with one attached hydrogen (secondary N) is 1. The van der Waals surface area contributed by atoms with Gasteiger partial charge in [0.05, 0.1) is 0 Å². The van der Waals surface area contributed by atoms with Gasteiger partial charge in [-0.15, -0.1) is 6.58 Å². The molecule has 2 nitrogen and oxygen atoms in total. The summed E-state index contributed by atoms with van der Waals surface area (Å²) in [7, 11) is 2.16. The van der Waals surface area contributed by atoms with E-state index in [1.54, 1.807) is 0 Å². The Bertz CT molecular complexity index is 385. The zero-order valence-electron chi connectivity index (χ0n) is 10.7. The number of allylic oxidation sites excluding steroid dienone is 1. The van der Waals surface area contributed by atoms with Gasteiger partial charge in [0.2, 0.25) is 0 Å². The van der Waals surface area contributed by atoms with Crippen LogP contribution in [0.15, 0.2) is 30.9 Å².